The Hall–Kier alpha value is -2.40. The van der Waals surface area contributed by atoms with E-state index < -0.39 is 0 Å². The predicted molar refractivity (Wildman–Crippen MR) is 89.5 cm³/mol. The van der Waals surface area contributed by atoms with Gasteiger partial charge in [0.15, 0.2) is 0 Å². The fourth-order valence-electron chi connectivity index (χ4n) is 3.20. The average Bonchev–Trinajstić information content (AvgIpc) is 3.19. The third-order valence-electron chi connectivity index (χ3n) is 4.41. The highest BCUT2D eigenvalue weighted by Crippen LogP contribution is 2.26. The Morgan fingerprint density at radius 3 is 3.04 bits per heavy atom. The number of imidazole rings is 1. The molecule has 1 saturated heterocycles. The van der Waals surface area contributed by atoms with Crippen molar-refractivity contribution in [2.24, 2.45) is 0 Å². The van der Waals surface area contributed by atoms with Crippen molar-refractivity contribution in [3.8, 4) is 11.4 Å². The molecule has 5 nitrogen and oxygen atoms in total. The van der Waals surface area contributed by atoms with Gasteiger partial charge in [-0.1, -0.05) is 12.1 Å². The number of benzene rings is 1. The van der Waals surface area contributed by atoms with E-state index in [0.717, 1.165) is 48.4 Å². The van der Waals surface area contributed by atoms with Gasteiger partial charge in [0, 0.05) is 23.9 Å². The number of nitrogens with zero attached hydrogens (tertiary/aromatic N) is 2. The third-order valence-corrected chi connectivity index (χ3v) is 4.41. The van der Waals surface area contributed by atoms with Crippen LogP contribution in [0, 0.1) is 6.92 Å². The Labute approximate surface area is 133 Å². The zero-order valence-electron chi connectivity index (χ0n) is 13.1. The van der Waals surface area contributed by atoms with Crippen LogP contribution in [0.4, 0.5) is 0 Å². The molecule has 1 aliphatic heterocycles. The van der Waals surface area contributed by atoms with E-state index >= 15 is 0 Å². The molecule has 0 spiro atoms. The molecule has 118 valence electrons. The van der Waals surface area contributed by atoms with E-state index in [-0.39, 0.29) is 11.7 Å². The summed E-state index contributed by atoms with van der Waals surface area (Å²) in [5.41, 5.74) is 3.62. The second-order valence-corrected chi connectivity index (χ2v) is 6.07. The Bertz CT molecular complexity index is 904. The lowest BCUT2D eigenvalue weighted by Gasteiger charge is -2.14. The van der Waals surface area contributed by atoms with Crippen LogP contribution in [0.5, 0.6) is 0 Å². The first-order valence-electron chi connectivity index (χ1n) is 7.99. The van der Waals surface area contributed by atoms with Crippen molar-refractivity contribution in [1.82, 2.24) is 14.5 Å². The Morgan fingerprint density at radius 2 is 2.26 bits per heavy atom. The standard InChI is InChI=1S/C18H19N3O2/c1-12-9-13(10-19-18(12)22)17-20-15-6-2-3-7-16(15)21(17)11-14-5-4-8-23-14/h2-3,6-7,9-10,14H,4-5,8,11H2,1H3,(H,19,22)/t14-/m0/s1. The molecule has 0 bridgehead atoms. The quantitative estimate of drug-likeness (QED) is 0.809. The van der Waals surface area contributed by atoms with Crippen molar-refractivity contribution in [3.63, 3.8) is 0 Å². The molecule has 3 heterocycles. The largest absolute Gasteiger partial charge is 0.376 e. The van der Waals surface area contributed by atoms with Gasteiger partial charge in [-0.05, 0) is 38.0 Å². The van der Waals surface area contributed by atoms with E-state index in [0.29, 0.717) is 5.56 Å². The van der Waals surface area contributed by atoms with Gasteiger partial charge in [0.05, 0.1) is 23.7 Å². The molecule has 3 aromatic rings. The molecule has 0 unspecified atom stereocenters. The molecule has 0 amide bonds. The SMILES string of the molecule is Cc1cc(-c2nc3ccccc3n2C[C@@H]2CCCO2)c[nH]c1=O. The number of H-pyrrole nitrogens is 1. The lowest BCUT2D eigenvalue weighted by Crippen LogP contribution is -2.16. The summed E-state index contributed by atoms with van der Waals surface area (Å²) in [4.78, 5) is 19.2. The van der Waals surface area contributed by atoms with E-state index in [9.17, 15) is 4.79 Å². The number of pyridine rings is 1. The van der Waals surface area contributed by atoms with Gasteiger partial charge >= 0.3 is 0 Å². The molecule has 1 N–H and O–H groups in total. The van der Waals surface area contributed by atoms with Crippen LogP contribution in [0.1, 0.15) is 18.4 Å². The first kappa shape index (κ1) is 14.2. The van der Waals surface area contributed by atoms with Crippen molar-refractivity contribution >= 4 is 11.0 Å². The molecule has 1 aromatic carbocycles. The number of aryl methyl sites for hydroxylation is 1. The zero-order valence-corrected chi connectivity index (χ0v) is 13.1. The maximum Gasteiger partial charge on any atom is 0.250 e. The highest BCUT2D eigenvalue weighted by atomic mass is 16.5. The van der Waals surface area contributed by atoms with Crippen molar-refractivity contribution < 1.29 is 4.74 Å². The van der Waals surface area contributed by atoms with Crippen LogP contribution in [0.3, 0.4) is 0 Å². The molecule has 1 atom stereocenters. The number of ether oxygens (including phenoxy) is 1. The van der Waals surface area contributed by atoms with E-state index in [2.05, 4.69) is 15.6 Å². The normalized spacial score (nSPS) is 17.9. The molecule has 0 radical (unpaired) electrons. The van der Waals surface area contributed by atoms with E-state index in [1.165, 1.54) is 0 Å². The number of hydrogen-bond acceptors (Lipinski definition) is 3. The van der Waals surface area contributed by atoms with Gasteiger partial charge in [0.2, 0.25) is 0 Å². The van der Waals surface area contributed by atoms with Gasteiger partial charge in [-0.3, -0.25) is 4.79 Å². The highest BCUT2D eigenvalue weighted by molar-refractivity contribution is 5.80. The van der Waals surface area contributed by atoms with E-state index in [1.807, 2.05) is 31.2 Å². The van der Waals surface area contributed by atoms with Crippen LogP contribution in [-0.2, 0) is 11.3 Å². The van der Waals surface area contributed by atoms with Crippen LogP contribution >= 0.6 is 0 Å². The summed E-state index contributed by atoms with van der Waals surface area (Å²) in [6, 6.07) is 10.0. The smallest absolute Gasteiger partial charge is 0.250 e. The lowest BCUT2D eigenvalue weighted by atomic mass is 10.2. The van der Waals surface area contributed by atoms with Gasteiger partial charge < -0.3 is 14.3 Å². The molecule has 0 saturated carbocycles. The maximum absolute atomic E-state index is 11.6. The second-order valence-electron chi connectivity index (χ2n) is 6.07. The molecule has 2 aromatic heterocycles. The summed E-state index contributed by atoms with van der Waals surface area (Å²) in [5, 5.41) is 0. The maximum atomic E-state index is 11.6. The summed E-state index contributed by atoms with van der Waals surface area (Å²) in [6.45, 7) is 3.44. The molecule has 1 fully saturated rings. The fraction of sp³-hybridized carbons (Fsp3) is 0.333. The number of rotatable bonds is 3. The molecular weight excluding hydrogens is 290 g/mol. The minimum atomic E-state index is -0.0597. The van der Waals surface area contributed by atoms with Crippen LogP contribution in [0.2, 0.25) is 0 Å². The molecule has 0 aliphatic carbocycles. The molecule has 4 rings (SSSR count). The summed E-state index contributed by atoms with van der Waals surface area (Å²) in [7, 11) is 0. The summed E-state index contributed by atoms with van der Waals surface area (Å²) in [5.74, 6) is 0.876. The zero-order chi connectivity index (χ0) is 15.8. The summed E-state index contributed by atoms with van der Waals surface area (Å²) in [6.07, 6.45) is 4.17. The molecule has 23 heavy (non-hydrogen) atoms. The highest BCUT2D eigenvalue weighted by Gasteiger charge is 2.20. The Morgan fingerprint density at radius 1 is 1.39 bits per heavy atom. The lowest BCUT2D eigenvalue weighted by molar-refractivity contribution is 0.0982. The van der Waals surface area contributed by atoms with Gasteiger partial charge in [-0.25, -0.2) is 4.98 Å². The van der Waals surface area contributed by atoms with Crippen molar-refractivity contribution in [3.05, 3.63) is 52.4 Å². The van der Waals surface area contributed by atoms with E-state index in [4.69, 9.17) is 9.72 Å². The molecular formula is C18H19N3O2. The first-order chi connectivity index (χ1) is 11.2. The number of nitrogens with one attached hydrogen (secondary N) is 1. The number of aromatic amines is 1. The van der Waals surface area contributed by atoms with Crippen LogP contribution < -0.4 is 5.56 Å². The number of fused-ring (bicyclic) bond motifs is 1. The topological polar surface area (TPSA) is 59.9 Å². The minimum Gasteiger partial charge on any atom is -0.376 e. The predicted octanol–water partition coefficient (Wildman–Crippen LogP) is 2.88. The van der Waals surface area contributed by atoms with Crippen molar-refractivity contribution in [2.45, 2.75) is 32.4 Å². The Balaban J connectivity index is 1.86. The first-order valence-corrected chi connectivity index (χ1v) is 7.99. The van der Waals surface area contributed by atoms with Crippen molar-refractivity contribution in [1.29, 1.82) is 0 Å². The average molecular weight is 309 g/mol. The summed E-state index contributed by atoms with van der Waals surface area (Å²) < 4.78 is 8.01. The number of aromatic nitrogens is 3. The molecule has 1 aliphatic rings. The Kier molecular flexibility index (Phi) is 3.50. The van der Waals surface area contributed by atoms with Gasteiger partial charge in [-0.15, -0.1) is 0 Å². The number of para-hydroxylation sites is 2. The monoisotopic (exact) mass is 309 g/mol. The third kappa shape index (κ3) is 2.57. The molecule has 5 heteroatoms. The van der Waals surface area contributed by atoms with Gasteiger partial charge in [0.25, 0.3) is 5.56 Å². The number of hydrogen-bond donors (Lipinski definition) is 1. The minimum absolute atomic E-state index is 0.0597. The van der Waals surface area contributed by atoms with Gasteiger partial charge in [-0.2, -0.15) is 0 Å². The second kappa shape index (κ2) is 5.66. The summed E-state index contributed by atoms with van der Waals surface area (Å²) >= 11 is 0. The van der Waals surface area contributed by atoms with Crippen LogP contribution in [0.15, 0.2) is 41.3 Å². The van der Waals surface area contributed by atoms with E-state index in [1.54, 1.807) is 6.20 Å². The van der Waals surface area contributed by atoms with Crippen LogP contribution in [0.25, 0.3) is 22.4 Å². The van der Waals surface area contributed by atoms with Crippen LogP contribution in [-0.4, -0.2) is 27.2 Å². The fourth-order valence-corrected chi connectivity index (χ4v) is 3.20. The van der Waals surface area contributed by atoms with Gasteiger partial charge in [0.1, 0.15) is 5.82 Å². The van der Waals surface area contributed by atoms with Crippen molar-refractivity contribution in [2.75, 3.05) is 6.61 Å².